The molecule has 0 aliphatic rings. The second kappa shape index (κ2) is 6.63. The Kier molecular flexibility index (Phi) is 4.63. The average Bonchev–Trinajstić information content (AvgIpc) is 2.49. The molecule has 2 rings (SSSR count). The van der Waals surface area contributed by atoms with Gasteiger partial charge < -0.3 is 10.1 Å². The summed E-state index contributed by atoms with van der Waals surface area (Å²) < 4.78 is 5.25. The van der Waals surface area contributed by atoms with Gasteiger partial charge in [0.05, 0.1) is 0 Å². The van der Waals surface area contributed by atoms with Crippen molar-refractivity contribution in [2.45, 2.75) is 6.10 Å². The van der Waals surface area contributed by atoms with Crippen molar-refractivity contribution in [3.63, 3.8) is 0 Å². The molecule has 1 N–H and O–H groups in total. The molecule has 0 saturated heterocycles. The Balaban J connectivity index is 2.15. The van der Waals surface area contributed by atoms with E-state index in [-0.39, 0.29) is 5.91 Å². The molecular weight excluding hydrogens is 254 g/mol. The van der Waals surface area contributed by atoms with Crippen molar-refractivity contribution in [2.75, 3.05) is 12.4 Å². The number of rotatable bonds is 5. The van der Waals surface area contributed by atoms with Crippen LogP contribution in [0.15, 0.2) is 54.6 Å². The van der Waals surface area contributed by atoms with Crippen molar-refractivity contribution in [1.82, 2.24) is 0 Å². The lowest BCUT2D eigenvalue weighted by Crippen LogP contribution is -2.22. The molecular formula is C16H15NO3. The summed E-state index contributed by atoms with van der Waals surface area (Å²) >= 11 is 0. The van der Waals surface area contributed by atoms with Crippen molar-refractivity contribution in [2.24, 2.45) is 0 Å². The Morgan fingerprint density at radius 2 is 1.90 bits per heavy atom. The molecule has 1 unspecified atom stereocenters. The van der Waals surface area contributed by atoms with E-state index in [4.69, 9.17) is 4.74 Å². The number of carbonyl (C=O) groups is 2. The summed E-state index contributed by atoms with van der Waals surface area (Å²) in [7, 11) is 1.49. The molecule has 0 radical (unpaired) electrons. The zero-order chi connectivity index (χ0) is 14.4. The van der Waals surface area contributed by atoms with Crippen LogP contribution in [0.4, 0.5) is 5.69 Å². The van der Waals surface area contributed by atoms with E-state index in [1.54, 1.807) is 24.3 Å². The normalized spacial score (nSPS) is 11.7. The van der Waals surface area contributed by atoms with Crippen LogP contribution in [0.25, 0.3) is 0 Å². The van der Waals surface area contributed by atoms with Crippen LogP contribution in [0.1, 0.15) is 22.0 Å². The quantitative estimate of drug-likeness (QED) is 0.849. The molecule has 2 aromatic rings. The fraction of sp³-hybridized carbons (Fsp3) is 0.125. The van der Waals surface area contributed by atoms with Crippen molar-refractivity contribution in [3.8, 4) is 0 Å². The summed E-state index contributed by atoms with van der Waals surface area (Å²) in [5, 5.41) is 2.74. The molecule has 0 fully saturated rings. The second-order valence-corrected chi connectivity index (χ2v) is 4.26. The van der Waals surface area contributed by atoms with Gasteiger partial charge in [0.1, 0.15) is 6.29 Å². The Bertz CT molecular complexity index is 596. The van der Waals surface area contributed by atoms with Crippen molar-refractivity contribution >= 4 is 17.9 Å². The van der Waals surface area contributed by atoms with Gasteiger partial charge in [-0.2, -0.15) is 0 Å². The molecule has 4 nitrogen and oxygen atoms in total. The zero-order valence-corrected chi connectivity index (χ0v) is 11.1. The Hall–Kier alpha value is -2.46. The third kappa shape index (κ3) is 3.30. The number of ether oxygens (including phenoxy) is 1. The maximum absolute atomic E-state index is 12.2. The first-order valence-electron chi connectivity index (χ1n) is 6.18. The summed E-state index contributed by atoms with van der Waals surface area (Å²) in [5.41, 5.74) is 1.85. The third-order valence-corrected chi connectivity index (χ3v) is 2.87. The predicted molar refractivity (Wildman–Crippen MR) is 76.7 cm³/mol. The number of benzene rings is 2. The van der Waals surface area contributed by atoms with E-state index >= 15 is 0 Å². The lowest BCUT2D eigenvalue weighted by molar-refractivity contribution is -0.126. The van der Waals surface area contributed by atoms with E-state index in [1.807, 2.05) is 30.3 Å². The fourth-order valence-electron chi connectivity index (χ4n) is 1.92. The summed E-state index contributed by atoms with van der Waals surface area (Å²) in [6, 6.07) is 16.0. The highest BCUT2D eigenvalue weighted by Gasteiger charge is 2.19. The van der Waals surface area contributed by atoms with E-state index < -0.39 is 6.10 Å². The molecule has 4 heteroatoms. The highest BCUT2D eigenvalue weighted by Crippen LogP contribution is 2.19. The smallest absolute Gasteiger partial charge is 0.258 e. The number of nitrogens with one attached hydrogen (secondary N) is 1. The molecule has 0 aliphatic heterocycles. The number of hydrogen-bond acceptors (Lipinski definition) is 3. The molecule has 0 aliphatic carbocycles. The third-order valence-electron chi connectivity index (χ3n) is 2.87. The highest BCUT2D eigenvalue weighted by atomic mass is 16.5. The topological polar surface area (TPSA) is 55.4 Å². The first-order valence-corrected chi connectivity index (χ1v) is 6.18. The molecule has 2 aromatic carbocycles. The van der Waals surface area contributed by atoms with Gasteiger partial charge in [-0.3, -0.25) is 9.59 Å². The number of methoxy groups -OCH3 is 1. The van der Waals surface area contributed by atoms with Gasteiger partial charge in [-0.15, -0.1) is 0 Å². The zero-order valence-electron chi connectivity index (χ0n) is 11.1. The van der Waals surface area contributed by atoms with Crippen molar-refractivity contribution < 1.29 is 14.3 Å². The molecule has 1 atom stereocenters. The van der Waals surface area contributed by atoms with Crippen LogP contribution in [0, 0.1) is 0 Å². The van der Waals surface area contributed by atoms with Gasteiger partial charge in [0, 0.05) is 18.4 Å². The molecule has 0 bridgehead atoms. The number of carbonyl (C=O) groups excluding carboxylic acids is 2. The number of amides is 1. The number of hydrogen-bond donors (Lipinski definition) is 1. The first kappa shape index (κ1) is 14.0. The van der Waals surface area contributed by atoms with Gasteiger partial charge in [-0.25, -0.2) is 0 Å². The summed E-state index contributed by atoms with van der Waals surface area (Å²) in [6.45, 7) is 0. The Morgan fingerprint density at radius 1 is 1.15 bits per heavy atom. The summed E-state index contributed by atoms with van der Waals surface area (Å²) in [5.74, 6) is -0.276. The van der Waals surface area contributed by atoms with Crippen LogP contribution in [0.3, 0.4) is 0 Å². The van der Waals surface area contributed by atoms with Gasteiger partial charge in [0.15, 0.2) is 6.10 Å². The van der Waals surface area contributed by atoms with Crippen LogP contribution in [-0.4, -0.2) is 19.3 Å². The molecule has 0 saturated carbocycles. The lowest BCUT2D eigenvalue weighted by atomic mass is 10.1. The van der Waals surface area contributed by atoms with Crippen LogP contribution in [0.5, 0.6) is 0 Å². The summed E-state index contributed by atoms with van der Waals surface area (Å²) in [6.07, 6.45) is 0.0526. The maximum atomic E-state index is 12.2. The molecule has 0 spiro atoms. The molecule has 102 valence electrons. The molecule has 0 heterocycles. The monoisotopic (exact) mass is 269 g/mol. The highest BCUT2D eigenvalue weighted by molar-refractivity contribution is 5.95. The largest absolute Gasteiger partial charge is 0.367 e. The van der Waals surface area contributed by atoms with Crippen LogP contribution >= 0.6 is 0 Å². The lowest BCUT2D eigenvalue weighted by Gasteiger charge is -2.15. The standard InChI is InChI=1S/C16H15NO3/c1-20-15(13-7-3-2-4-8-13)16(19)17-14-9-5-6-12(10-14)11-18/h2-11,15H,1H3,(H,17,19). The van der Waals surface area contributed by atoms with E-state index in [0.717, 1.165) is 11.8 Å². The minimum Gasteiger partial charge on any atom is -0.367 e. The van der Waals surface area contributed by atoms with Gasteiger partial charge in [-0.05, 0) is 17.7 Å². The number of aldehydes is 1. The molecule has 0 aromatic heterocycles. The second-order valence-electron chi connectivity index (χ2n) is 4.26. The minimum atomic E-state index is -0.684. The predicted octanol–water partition coefficient (Wildman–Crippen LogP) is 2.83. The summed E-state index contributed by atoms with van der Waals surface area (Å²) in [4.78, 5) is 22.9. The minimum absolute atomic E-state index is 0.276. The fourth-order valence-corrected chi connectivity index (χ4v) is 1.92. The van der Waals surface area contributed by atoms with E-state index in [9.17, 15) is 9.59 Å². The van der Waals surface area contributed by atoms with E-state index in [1.165, 1.54) is 7.11 Å². The maximum Gasteiger partial charge on any atom is 0.258 e. The number of anilines is 1. The van der Waals surface area contributed by atoms with E-state index in [2.05, 4.69) is 5.32 Å². The average molecular weight is 269 g/mol. The van der Waals surface area contributed by atoms with Gasteiger partial charge >= 0.3 is 0 Å². The SMILES string of the molecule is COC(C(=O)Nc1cccc(C=O)c1)c1ccccc1. The van der Waals surface area contributed by atoms with E-state index in [0.29, 0.717) is 11.3 Å². The first-order chi connectivity index (χ1) is 9.74. The van der Waals surface area contributed by atoms with Crippen LogP contribution in [-0.2, 0) is 9.53 Å². The van der Waals surface area contributed by atoms with Crippen molar-refractivity contribution in [1.29, 1.82) is 0 Å². The van der Waals surface area contributed by atoms with Crippen LogP contribution < -0.4 is 5.32 Å². The Labute approximate surface area is 117 Å². The van der Waals surface area contributed by atoms with Crippen molar-refractivity contribution in [3.05, 3.63) is 65.7 Å². The van der Waals surface area contributed by atoms with Gasteiger partial charge in [0.25, 0.3) is 5.91 Å². The molecule has 1 amide bonds. The molecule has 20 heavy (non-hydrogen) atoms. The Morgan fingerprint density at radius 3 is 2.55 bits per heavy atom. The van der Waals surface area contributed by atoms with Crippen LogP contribution in [0.2, 0.25) is 0 Å². The van der Waals surface area contributed by atoms with Gasteiger partial charge in [-0.1, -0.05) is 42.5 Å². The van der Waals surface area contributed by atoms with Gasteiger partial charge in [0.2, 0.25) is 0 Å².